The average Bonchev–Trinajstić information content (AvgIpc) is 2.06. The van der Waals surface area contributed by atoms with Gasteiger partial charge in [0.2, 0.25) is 0 Å². The molecule has 12 heavy (non-hydrogen) atoms. The Morgan fingerprint density at radius 2 is 1.75 bits per heavy atom. The molecule has 0 aromatic rings. The summed E-state index contributed by atoms with van der Waals surface area (Å²) in [7, 11) is -0.0270. The predicted molar refractivity (Wildman–Crippen MR) is 45.8 cm³/mol. The maximum atomic E-state index is 11.5. The quantitative estimate of drug-likeness (QED) is 0.536. The van der Waals surface area contributed by atoms with Crippen LogP contribution in [-0.4, -0.2) is 57.3 Å². The first kappa shape index (κ1) is 9.91. The Morgan fingerprint density at radius 1 is 1.25 bits per heavy atom. The smallest absolute Gasteiger partial charge is 0.281 e. The first-order valence-corrected chi connectivity index (χ1v) is 5.44. The van der Waals surface area contributed by atoms with Crippen LogP contribution in [0.5, 0.6) is 0 Å². The lowest BCUT2D eigenvalue weighted by Crippen LogP contribution is -2.90. The third-order valence-electron chi connectivity index (χ3n) is 1.95. The van der Waals surface area contributed by atoms with Crippen molar-refractivity contribution in [1.82, 2.24) is 8.61 Å². The minimum Gasteiger partial charge on any atom is -0.344 e. The Hall–Kier alpha value is -0.170. The molecule has 0 aromatic heterocycles. The summed E-state index contributed by atoms with van der Waals surface area (Å²) < 4.78 is 25.8. The van der Waals surface area contributed by atoms with Crippen LogP contribution in [0.1, 0.15) is 0 Å². The molecule has 0 bridgehead atoms. The van der Waals surface area contributed by atoms with E-state index < -0.39 is 10.2 Å². The number of nitrogens with zero attached hydrogens (tertiary/aromatic N) is 2. The van der Waals surface area contributed by atoms with Crippen molar-refractivity contribution in [2.24, 2.45) is 0 Å². The van der Waals surface area contributed by atoms with Crippen LogP contribution in [0, 0.1) is 0 Å². The van der Waals surface area contributed by atoms with Crippen molar-refractivity contribution in [1.29, 1.82) is 0 Å². The summed E-state index contributed by atoms with van der Waals surface area (Å²) in [5.74, 6) is 0. The summed E-state index contributed by atoms with van der Waals surface area (Å²) in [5.41, 5.74) is 0. The molecular formula is C6H16N3O2S+. The SMILES string of the molecule is CN(C)S(=O)(=O)N1CC[NH2+]CC1. The van der Waals surface area contributed by atoms with Crippen molar-refractivity contribution >= 4 is 10.2 Å². The molecule has 72 valence electrons. The van der Waals surface area contributed by atoms with Crippen LogP contribution < -0.4 is 5.32 Å². The van der Waals surface area contributed by atoms with E-state index in [4.69, 9.17) is 0 Å². The maximum Gasteiger partial charge on any atom is 0.281 e. The largest absolute Gasteiger partial charge is 0.344 e. The van der Waals surface area contributed by atoms with Crippen molar-refractivity contribution in [2.75, 3.05) is 40.3 Å². The average molecular weight is 194 g/mol. The van der Waals surface area contributed by atoms with Gasteiger partial charge in [0, 0.05) is 14.1 Å². The second-order valence-electron chi connectivity index (χ2n) is 3.06. The summed E-state index contributed by atoms with van der Waals surface area (Å²) in [6.07, 6.45) is 0. The van der Waals surface area contributed by atoms with Crippen molar-refractivity contribution < 1.29 is 13.7 Å². The summed E-state index contributed by atoms with van der Waals surface area (Å²) in [5, 5.41) is 2.13. The monoisotopic (exact) mass is 194 g/mol. The van der Waals surface area contributed by atoms with Crippen molar-refractivity contribution in [3.63, 3.8) is 0 Å². The lowest BCUT2D eigenvalue weighted by Gasteiger charge is -2.27. The van der Waals surface area contributed by atoms with Gasteiger partial charge in [-0.15, -0.1) is 0 Å². The lowest BCUT2D eigenvalue weighted by molar-refractivity contribution is -0.661. The third-order valence-corrected chi connectivity index (χ3v) is 3.89. The molecular weight excluding hydrogens is 178 g/mol. The zero-order chi connectivity index (χ0) is 9.19. The van der Waals surface area contributed by atoms with Crippen LogP contribution in [0.25, 0.3) is 0 Å². The molecule has 1 heterocycles. The molecule has 5 nitrogen and oxygen atoms in total. The van der Waals surface area contributed by atoms with Gasteiger partial charge in [-0.05, 0) is 0 Å². The van der Waals surface area contributed by atoms with E-state index in [1.807, 2.05) is 0 Å². The Kier molecular flexibility index (Phi) is 3.05. The normalized spacial score (nSPS) is 21.6. The van der Waals surface area contributed by atoms with Crippen LogP contribution in [-0.2, 0) is 10.2 Å². The van der Waals surface area contributed by atoms with Gasteiger partial charge >= 0.3 is 0 Å². The maximum absolute atomic E-state index is 11.5. The standard InChI is InChI=1S/C6H15N3O2S/c1-8(2)12(10,11)9-5-3-7-4-6-9/h7H,3-6H2,1-2H3/p+1. The van der Waals surface area contributed by atoms with E-state index in [-0.39, 0.29) is 0 Å². The molecule has 0 amide bonds. The molecule has 0 atom stereocenters. The van der Waals surface area contributed by atoms with Crippen molar-refractivity contribution in [2.45, 2.75) is 0 Å². The second kappa shape index (κ2) is 3.69. The van der Waals surface area contributed by atoms with Gasteiger partial charge < -0.3 is 5.32 Å². The second-order valence-corrected chi connectivity index (χ2v) is 5.20. The minimum atomic E-state index is -3.15. The number of quaternary nitrogens is 1. The molecule has 1 saturated heterocycles. The van der Waals surface area contributed by atoms with Gasteiger partial charge in [0.15, 0.2) is 0 Å². The lowest BCUT2D eigenvalue weighted by atomic mass is 10.4. The molecule has 1 fully saturated rings. The van der Waals surface area contributed by atoms with Crippen LogP contribution in [0.4, 0.5) is 0 Å². The molecule has 1 aliphatic heterocycles. The first-order chi connectivity index (χ1) is 5.55. The van der Waals surface area contributed by atoms with Gasteiger partial charge in [0.05, 0.1) is 26.2 Å². The topological polar surface area (TPSA) is 57.2 Å². The van der Waals surface area contributed by atoms with E-state index in [2.05, 4.69) is 5.32 Å². The first-order valence-electron chi connectivity index (χ1n) is 4.04. The summed E-state index contributed by atoms with van der Waals surface area (Å²) in [4.78, 5) is 0. The highest BCUT2D eigenvalue weighted by Gasteiger charge is 2.26. The van der Waals surface area contributed by atoms with Gasteiger partial charge in [-0.1, -0.05) is 0 Å². The fourth-order valence-corrected chi connectivity index (χ4v) is 2.32. The van der Waals surface area contributed by atoms with Gasteiger partial charge in [0.1, 0.15) is 0 Å². The fraction of sp³-hybridized carbons (Fsp3) is 1.00. The molecule has 6 heteroatoms. The van der Waals surface area contributed by atoms with E-state index in [1.54, 1.807) is 14.1 Å². The number of piperazine rings is 1. The molecule has 0 aliphatic carbocycles. The van der Waals surface area contributed by atoms with Crippen molar-refractivity contribution in [3.8, 4) is 0 Å². The zero-order valence-corrected chi connectivity index (χ0v) is 8.34. The summed E-state index contributed by atoms with van der Waals surface area (Å²) in [6, 6.07) is 0. The van der Waals surface area contributed by atoms with E-state index in [1.165, 1.54) is 8.61 Å². The Balaban J connectivity index is 2.67. The minimum absolute atomic E-state index is 0.626. The molecule has 0 unspecified atom stereocenters. The number of nitrogens with two attached hydrogens (primary N) is 1. The van der Waals surface area contributed by atoms with Crippen LogP contribution in [0.2, 0.25) is 0 Å². The van der Waals surface area contributed by atoms with Gasteiger partial charge in [-0.3, -0.25) is 0 Å². The Labute approximate surface area is 73.5 Å². The zero-order valence-electron chi connectivity index (χ0n) is 7.52. The van der Waals surface area contributed by atoms with Crippen LogP contribution in [0.15, 0.2) is 0 Å². The number of rotatable bonds is 2. The van der Waals surface area contributed by atoms with Gasteiger partial charge in [0.25, 0.3) is 10.2 Å². The van der Waals surface area contributed by atoms with Gasteiger partial charge in [-0.25, -0.2) is 0 Å². The Morgan fingerprint density at radius 3 is 2.17 bits per heavy atom. The van der Waals surface area contributed by atoms with Crippen LogP contribution >= 0.6 is 0 Å². The van der Waals surface area contributed by atoms with E-state index in [0.717, 1.165) is 13.1 Å². The molecule has 0 aromatic carbocycles. The molecule has 1 rings (SSSR count). The van der Waals surface area contributed by atoms with Gasteiger partial charge in [-0.2, -0.15) is 17.0 Å². The highest BCUT2D eigenvalue weighted by Crippen LogP contribution is 2.02. The molecule has 0 saturated carbocycles. The molecule has 0 spiro atoms. The molecule has 2 N–H and O–H groups in total. The van der Waals surface area contributed by atoms with E-state index >= 15 is 0 Å². The van der Waals surface area contributed by atoms with E-state index in [0.29, 0.717) is 13.1 Å². The summed E-state index contributed by atoms with van der Waals surface area (Å²) in [6.45, 7) is 2.99. The highest BCUT2D eigenvalue weighted by atomic mass is 32.2. The summed E-state index contributed by atoms with van der Waals surface area (Å²) >= 11 is 0. The predicted octanol–water partition coefficient (Wildman–Crippen LogP) is -2.33. The molecule has 0 radical (unpaired) electrons. The van der Waals surface area contributed by atoms with Crippen molar-refractivity contribution in [3.05, 3.63) is 0 Å². The third kappa shape index (κ3) is 1.95. The molecule has 1 aliphatic rings. The van der Waals surface area contributed by atoms with Crippen LogP contribution in [0.3, 0.4) is 0 Å². The Bertz CT molecular complexity index is 231. The fourth-order valence-electron chi connectivity index (χ4n) is 1.19. The van der Waals surface area contributed by atoms with E-state index in [9.17, 15) is 8.42 Å². The highest BCUT2D eigenvalue weighted by molar-refractivity contribution is 7.86. The number of hydrogen-bond donors (Lipinski definition) is 1. The number of hydrogen-bond acceptors (Lipinski definition) is 2.